The Hall–Kier alpha value is -3.15. The van der Waals surface area contributed by atoms with Gasteiger partial charge in [0.1, 0.15) is 0 Å². The van der Waals surface area contributed by atoms with Crippen molar-refractivity contribution in [3.8, 4) is 0 Å². The van der Waals surface area contributed by atoms with Crippen LogP contribution in [0.3, 0.4) is 0 Å². The van der Waals surface area contributed by atoms with E-state index in [-0.39, 0.29) is 11.8 Å². The molecule has 3 rings (SSSR count). The second-order valence-corrected chi connectivity index (χ2v) is 5.95. The summed E-state index contributed by atoms with van der Waals surface area (Å²) < 4.78 is 4.96. The van der Waals surface area contributed by atoms with Crippen LogP contribution >= 0.6 is 0 Å². The van der Waals surface area contributed by atoms with Gasteiger partial charge < -0.3 is 15.0 Å². The average molecular weight is 352 g/mol. The van der Waals surface area contributed by atoms with Crippen LogP contribution in [0.5, 0.6) is 0 Å². The van der Waals surface area contributed by atoms with Crippen molar-refractivity contribution in [2.24, 2.45) is 0 Å². The van der Waals surface area contributed by atoms with Gasteiger partial charge in [-0.1, -0.05) is 6.07 Å². The van der Waals surface area contributed by atoms with Crippen LogP contribution in [-0.2, 0) is 9.53 Å². The molecular formula is C20H20N2O4. The number of hydrogen-bond acceptors (Lipinski definition) is 4. The third kappa shape index (κ3) is 3.91. The second kappa shape index (κ2) is 7.82. The zero-order valence-corrected chi connectivity index (χ0v) is 14.5. The standard InChI is InChI=1S/C20H20N2O4/c1-2-26-20(25)15-5-3-6-16(13-15)21-19(24)14-8-10-17(11-9-14)22-12-4-7-18(22)23/h3,5-6,8-11,13H,2,4,7,12H2,1H3,(H,21,24). The highest BCUT2D eigenvalue weighted by Gasteiger charge is 2.21. The smallest absolute Gasteiger partial charge is 0.338 e. The molecule has 0 aliphatic carbocycles. The van der Waals surface area contributed by atoms with Crippen molar-refractivity contribution in [2.45, 2.75) is 19.8 Å². The third-order valence-corrected chi connectivity index (χ3v) is 4.15. The maximum Gasteiger partial charge on any atom is 0.338 e. The predicted molar refractivity (Wildman–Crippen MR) is 98.4 cm³/mol. The summed E-state index contributed by atoms with van der Waals surface area (Å²) >= 11 is 0. The number of rotatable bonds is 5. The molecule has 0 unspecified atom stereocenters. The van der Waals surface area contributed by atoms with Crippen LogP contribution in [0, 0.1) is 0 Å². The van der Waals surface area contributed by atoms with E-state index in [4.69, 9.17) is 4.74 Å². The Kier molecular flexibility index (Phi) is 5.31. The molecule has 1 fully saturated rings. The number of nitrogens with zero attached hydrogens (tertiary/aromatic N) is 1. The predicted octanol–water partition coefficient (Wildman–Crippen LogP) is 3.24. The Labute approximate surface area is 151 Å². The first-order chi connectivity index (χ1) is 12.6. The van der Waals surface area contributed by atoms with Crippen LogP contribution in [0.25, 0.3) is 0 Å². The first-order valence-electron chi connectivity index (χ1n) is 8.57. The van der Waals surface area contributed by atoms with Crippen molar-refractivity contribution >= 4 is 29.2 Å². The summed E-state index contributed by atoms with van der Waals surface area (Å²) in [6.45, 7) is 2.75. The molecule has 1 heterocycles. The molecule has 1 aliphatic heterocycles. The van der Waals surface area contributed by atoms with Crippen molar-refractivity contribution in [1.29, 1.82) is 0 Å². The topological polar surface area (TPSA) is 75.7 Å². The van der Waals surface area contributed by atoms with Crippen molar-refractivity contribution in [1.82, 2.24) is 0 Å². The van der Waals surface area contributed by atoms with Crippen molar-refractivity contribution < 1.29 is 19.1 Å². The van der Waals surface area contributed by atoms with E-state index in [1.165, 1.54) is 0 Å². The van der Waals surface area contributed by atoms with Gasteiger partial charge in [0.2, 0.25) is 5.91 Å². The molecule has 0 bridgehead atoms. The fourth-order valence-corrected chi connectivity index (χ4v) is 2.86. The van der Waals surface area contributed by atoms with Crippen molar-refractivity contribution in [3.63, 3.8) is 0 Å². The van der Waals surface area contributed by atoms with Crippen LogP contribution in [0.4, 0.5) is 11.4 Å². The maximum atomic E-state index is 12.4. The monoisotopic (exact) mass is 352 g/mol. The van der Waals surface area contributed by atoms with Crippen LogP contribution < -0.4 is 10.2 Å². The number of anilines is 2. The third-order valence-electron chi connectivity index (χ3n) is 4.15. The molecule has 6 heteroatoms. The second-order valence-electron chi connectivity index (χ2n) is 5.95. The Morgan fingerprint density at radius 2 is 1.88 bits per heavy atom. The van der Waals surface area contributed by atoms with Crippen LogP contribution in [-0.4, -0.2) is 30.9 Å². The van der Waals surface area contributed by atoms with Crippen LogP contribution in [0.1, 0.15) is 40.5 Å². The van der Waals surface area contributed by atoms with Gasteiger partial charge in [-0.05, 0) is 55.8 Å². The highest BCUT2D eigenvalue weighted by Crippen LogP contribution is 2.22. The summed E-state index contributed by atoms with van der Waals surface area (Å²) in [5, 5.41) is 2.77. The summed E-state index contributed by atoms with van der Waals surface area (Å²) in [6.07, 6.45) is 1.43. The minimum atomic E-state index is -0.428. The van der Waals surface area contributed by atoms with Crippen LogP contribution in [0.15, 0.2) is 48.5 Å². The molecule has 1 saturated heterocycles. The molecule has 0 saturated carbocycles. The number of carbonyl (C=O) groups is 3. The van der Waals surface area contributed by atoms with E-state index in [9.17, 15) is 14.4 Å². The molecule has 26 heavy (non-hydrogen) atoms. The molecule has 2 aromatic rings. The van der Waals surface area contributed by atoms with Gasteiger partial charge in [0.05, 0.1) is 12.2 Å². The number of carbonyl (C=O) groups excluding carboxylic acids is 3. The van der Waals surface area contributed by atoms with Crippen molar-refractivity contribution in [3.05, 3.63) is 59.7 Å². The fraction of sp³-hybridized carbons (Fsp3) is 0.250. The van der Waals surface area contributed by atoms with E-state index in [1.807, 2.05) is 0 Å². The van der Waals surface area contributed by atoms with E-state index >= 15 is 0 Å². The van der Waals surface area contributed by atoms with Gasteiger partial charge >= 0.3 is 5.97 Å². The minimum absolute atomic E-state index is 0.109. The van der Waals surface area contributed by atoms with Gasteiger partial charge in [0.25, 0.3) is 5.91 Å². The van der Waals surface area contributed by atoms with Gasteiger partial charge in [0, 0.05) is 29.9 Å². The number of amides is 2. The van der Waals surface area contributed by atoms with E-state index in [2.05, 4.69) is 5.32 Å². The molecule has 2 aromatic carbocycles. The first kappa shape index (κ1) is 17.7. The molecule has 1 N–H and O–H groups in total. The number of benzene rings is 2. The van der Waals surface area contributed by atoms with E-state index in [0.29, 0.717) is 36.4 Å². The molecular weight excluding hydrogens is 332 g/mol. The lowest BCUT2D eigenvalue weighted by molar-refractivity contribution is -0.117. The van der Waals surface area contributed by atoms with Gasteiger partial charge in [-0.3, -0.25) is 9.59 Å². The molecule has 0 radical (unpaired) electrons. The zero-order chi connectivity index (χ0) is 18.5. The Morgan fingerprint density at radius 1 is 1.12 bits per heavy atom. The lowest BCUT2D eigenvalue weighted by atomic mass is 10.1. The highest BCUT2D eigenvalue weighted by atomic mass is 16.5. The lowest BCUT2D eigenvalue weighted by Crippen LogP contribution is -2.23. The van der Waals surface area contributed by atoms with Gasteiger partial charge in [-0.15, -0.1) is 0 Å². The minimum Gasteiger partial charge on any atom is -0.462 e. The molecule has 0 aromatic heterocycles. The zero-order valence-electron chi connectivity index (χ0n) is 14.5. The Bertz CT molecular complexity index is 830. The average Bonchev–Trinajstić information content (AvgIpc) is 3.08. The molecule has 0 atom stereocenters. The lowest BCUT2D eigenvalue weighted by Gasteiger charge is -2.15. The molecule has 6 nitrogen and oxygen atoms in total. The van der Waals surface area contributed by atoms with Gasteiger partial charge in [0.15, 0.2) is 0 Å². The SMILES string of the molecule is CCOC(=O)c1cccc(NC(=O)c2ccc(N3CCCC3=O)cc2)c1. The van der Waals surface area contributed by atoms with Gasteiger partial charge in [-0.2, -0.15) is 0 Å². The largest absolute Gasteiger partial charge is 0.462 e. The van der Waals surface area contributed by atoms with E-state index in [1.54, 1.807) is 60.4 Å². The van der Waals surface area contributed by atoms with Crippen molar-refractivity contribution in [2.75, 3.05) is 23.4 Å². The summed E-state index contributed by atoms with van der Waals surface area (Å²) in [7, 11) is 0. The van der Waals surface area contributed by atoms with E-state index in [0.717, 1.165) is 12.1 Å². The first-order valence-corrected chi connectivity index (χ1v) is 8.57. The molecule has 2 amide bonds. The summed E-state index contributed by atoms with van der Waals surface area (Å²) in [6, 6.07) is 13.5. The highest BCUT2D eigenvalue weighted by molar-refractivity contribution is 6.05. The summed E-state index contributed by atoms with van der Waals surface area (Å²) in [4.78, 5) is 37.7. The normalized spacial score (nSPS) is 13.6. The Balaban J connectivity index is 1.69. The van der Waals surface area contributed by atoms with Crippen LogP contribution in [0.2, 0.25) is 0 Å². The Morgan fingerprint density at radius 3 is 2.54 bits per heavy atom. The number of esters is 1. The summed E-state index contributed by atoms with van der Waals surface area (Å²) in [5.41, 5.74) is 2.17. The molecule has 1 aliphatic rings. The molecule has 134 valence electrons. The van der Waals surface area contributed by atoms with E-state index < -0.39 is 5.97 Å². The number of nitrogens with one attached hydrogen (secondary N) is 1. The number of hydrogen-bond donors (Lipinski definition) is 1. The number of ether oxygens (including phenoxy) is 1. The maximum absolute atomic E-state index is 12.4. The molecule has 0 spiro atoms. The quantitative estimate of drug-likeness (QED) is 0.838. The summed E-state index contributed by atoms with van der Waals surface area (Å²) in [5.74, 6) is -0.605. The van der Waals surface area contributed by atoms with Gasteiger partial charge in [-0.25, -0.2) is 4.79 Å². The fourth-order valence-electron chi connectivity index (χ4n) is 2.86.